The van der Waals surface area contributed by atoms with Crippen LogP contribution in [0.25, 0.3) is 0 Å². The second-order valence-corrected chi connectivity index (χ2v) is 6.37. The largest absolute Gasteiger partial charge is 0.480 e. The van der Waals surface area contributed by atoms with Crippen LogP contribution in [0.3, 0.4) is 0 Å². The van der Waals surface area contributed by atoms with Crippen LogP contribution in [-0.2, 0) is 9.59 Å². The summed E-state index contributed by atoms with van der Waals surface area (Å²) < 4.78 is -0.788. The molecule has 0 aromatic rings. The Morgan fingerprint density at radius 3 is 2.43 bits per heavy atom. The van der Waals surface area contributed by atoms with Crippen molar-refractivity contribution >= 4 is 45.4 Å². The predicted octanol–water partition coefficient (Wildman–Crippen LogP) is 2.71. The van der Waals surface area contributed by atoms with Crippen molar-refractivity contribution in [3.63, 3.8) is 0 Å². The van der Waals surface area contributed by atoms with Gasteiger partial charge in [-0.1, -0.05) is 54.1 Å². The summed E-state index contributed by atoms with van der Waals surface area (Å²) in [6.07, 6.45) is 2.48. The summed E-state index contributed by atoms with van der Waals surface area (Å²) in [4.78, 5) is 21.8. The van der Waals surface area contributed by atoms with Crippen LogP contribution < -0.4 is 0 Å². The Kier molecular flexibility index (Phi) is 6.76. The van der Waals surface area contributed by atoms with Crippen molar-refractivity contribution in [3.8, 4) is 0 Å². The zero-order chi connectivity index (χ0) is 11.2. The number of halogens is 1. The second kappa shape index (κ2) is 6.66. The lowest BCUT2D eigenvalue weighted by Crippen LogP contribution is -2.34. The molecule has 0 radical (unpaired) electrons. The van der Waals surface area contributed by atoms with E-state index in [1.54, 1.807) is 0 Å². The molecule has 0 saturated carbocycles. The van der Waals surface area contributed by atoms with Gasteiger partial charge < -0.3 is 5.11 Å². The van der Waals surface area contributed by atoms with Crippen LogP contribution in [0.2, 0.25) is 0 Å². The first-order chi connectivity index (χ1) is 6.42. The van der Waals surface area contributed by atoms with Gasteiger partial charge in [-0.3, -0.25) is 9.59 Å². The number of aliphatic carboxylic acids is 1. The third kappa shape index (κ3) is 5.19. The lowest BCUT2D eigenvalue weighted by Gasteiger charge is -2.21. The number of thioether (sulfide) groups is 1. The van der Waals surface area contributed by atoms with E-state index < -0.39 is 9.39 Å². The fraction of sp³-hybridized carbons (Fsp3) is 0.778. The summed E-state index contributed by atoms with van der Waals surface area (Å²) in [7, 11) is 0. The molecule has 0 fully saturated rings. The molecular formula is C9H15IO3S. The van der Waals surface area contributed by atoms with Gasteiger partial charge in [0.05, 0.1) is 0 Å². The molecule has 3 nitrogen and oxygen atoms in total. The Morgan fingerprint density at radius 2 is 2.07 bits per heavy atom. The molecule has 0 spiro atoms. The van der Waals surface area contributed by atoms with Crippen LogP contribution in [0.5, 0.6) is 0 Å². The quantitative estimate of drug-likeness (QED) is 0.601. The van der Waals surface area contributed by atoms with Crippen LogP contribution in [0.15, 0.2) is 0 Å². The van der Waals surface area contributed by atoms with Crippen molar-refractivity contribution in [1.82, 2.24) is 0 Å². The highest BCUT2D eigenvalue weighted by Gasteiger charge is 2.35. The third-order valence-corrected chi connectivity index (χ3v) is 4.76. The molecule has 0 aliphatic carbocycles. The van der Waals surface area contributed by atoms with E-state index in [1.165, 1.54) is 6.92 Å². The molecule has 0 heterocycles. The first-order valence-corrected chi connectivity index (χ1v) is 6.54. The number of carboxylic acids is 1. The van der Waals surface area contributed by atoms with Gasteiger partial charge in [0.25, 0.3) is 0 Å². The molecule has 0 aliphatic heterocycles. The van der Waals surface area contributed by atoms with Crippen LogP contribution in [0, 0.1) is 0 Å². The van der Waals surface area contributed by atoms with Gasteiger partial charge in [0.15, 0.2) is 5.12 Å². The van der Waals surface area contributed by atoms with E-state index in [4.69, 9.17) is 5.11 Å². The summed E-state index contributed by atoms with van der Waals surface area (Å²) in [5, 5.41) is 9.02. The fourth-order valence-corrected chi connectivity index (χ4v) is 2.46. The lowest BCUT2D eigenvalue weighted by atomic mass is 10.0. The lowest BCUT2D eigenvalue weighted by molar-refractivity contribution is -0.138. The van der Waals surface area contributed by atoms with Gasteiger partial charge >= 0.3 is 5.97 Å². The average Bonchev–Trinajstić information content (AvgIpc) is 2.11. The van der Waals surface area contributed by atoms with E-state index in [0.717, 1.165) is 24.6 Å². The minimum atomic E-state index is -0.819. The number of hydrogen-bond acceptors (Lipinski definition) is 3. The van der Waals surface area contributed by atoms with Gasteiger partial charge in [0.2, 0.25) is 0 Å². The second-order valence-electron chi connectivity index (χ2n) is 3.15. The number of hydrogen-bond donors (Lipinski definition) is 1. The van der Waals surface area contributed by atoms with E-state index in [9.17, 15) is 9.59 Å². The highest BCUT2D eigenvalue weighted by molar-refractivity contribution is 14.1. The van der Waals surface area contributed by atoms with Crippen molar-refractivity contribution in [2.75, 3.05) is 5.75 Å². The molecule has 1 atom stereocenters. The van der Waals surface area contributed by atoms with Gasteiger partial charge in [-0.15, -0.1) is 0 Å². The topological polar surface area (TPSA) is 54.4 Å². The van der Waals surface area contributed by atoms with Crippen molar-refractivity contribution in [2.45, 2.75) is 36.5 Å². The zero-order valence-corrected chi connectivity index (χ0v) is 11.4. The number of alkyl halides is 1. The summed E-state index contributed by atoms with van der Waals surface area (Å²) in [6.45, 7) is 3.49. The normalized spacial score (nSPS) is 14.8. The van der Waals surface area contributed by atoms with E-state index >= 15 is 0 Å². The Balaban J connectivity index is 4.24. The maximum absolute atomic E-state index is 11.0. The van der Waals surface area contributed by atoms with Gasteiger partial charge in [-0.05, 0) is 6.42 Å². The van der Waals surface area contributed by atoms with Gasteiger partial charge in [0, 0.05) is 12.7 Å². The maximum Gasteiger partial charge on any atom is 0.320 e. The molecule has 0 saturated heterocycles. The Labute approximate surface area is 102 Å². The summed E-state index contributed by atoms with van der Waals surface area (Å²) in [5.74, 6) is -0.460. The van der Waals surface area contributed by atoms with Crippen LogP contribution in [0.1, 0.15) is 33.1 Å². The van der Waals surface area contributed by atoms with Crippen LogP contribution in [0.4, 0.5) is 0 Å². The number of carbonyl (C=O) groups is 2. The van der Waals surface area contributed by atoms with E-state index in [1.807, 2.05) is 29.5 Å². The monoisotopic (exact) mass is 330 g/mol. The first-order valence-electron chi connectivity index (χ1n) is 4.48. The molecule has 0 amide bonds. The van der Waals surface area contributed by atoms with Crippen molar-refractivity contribution < 1.29 is 14.7 Å². The highest BCUT2D eigenvalue weighted by atomic mass is 127. The first kappa shape index (κ1) is 14.2. The third-order valence-electron chi connectivity index (χ3n) is 1.81. The number of carbonyl (C=O) groups excluding carboxylic acids is 1. The van der Waals surface area contributed by atoms with Gasteiger partial charge in [-0.2, -0.15) is 0 Å². The molecule has 1 N–H and O–H groups in total. The summed E-state index contributed by atoms with van der Waals surface area (Å²) in [6, 6.07) is 0. The average molecular weight is 330 g/mol. The predicted molar refractivity (Wildman–Crippen MR) is 67.1 cm³/mol. The summed E-state index contributed by atoms with van der Waals surface area (Å²) in [5.41, 5.74) is 0. The van der Waals surface area contributed by atoms with E-state index in [0.29, 0.717) is 12.2 Å². The van der Waals surface area contributed by atoms with Crippen LogP contribution >= 0.6 is 34.4 Å². The summed E-state index contributed by atoms with van der Waals surface area (Å²) >= 11 is 3.04. The molecule has 5 heteroatoms. The van der Waals surface area contributed by atoms with E-state index in [-0.39, 0.29) is 5.12 Å². The van der Waals surface area contributed by atoms with Gasteiger partial charge in [-0.25, -0.2) is 0 Å². The molecule has 0 bridgehead atoms. The molecule has 0 unspecified atom stereocenters. The molecule has 0 aliphatic rings. The Hall–Kier alpha value is 0.220. The molecular weight excluding hydrogens is 315 g/mol. The number of unbranched alkanes of at least 4 members (excludes halogenated alkanes) is 1. The zero-order valence-electron chi connectivity index (χ0n) is 8.38. The van der Waals surface area contributed by atoms with E-state index in [2.05, 4.69) is 0 Å². The number of rotatable bonds is 6. The molecule has 82 valence electrons. The molecule has 0 aromatic heterocycles. The standard InChI is InChI=1S/C9H15IO3S/c1-3-4-5-9(10,8(12)13)6-14-7(2)11/h3-6H2,1-2H3,(H,12,13)/t9-/m1/s1. The fourth-order valence-electron chi connectivity index (χ4n) is 0.914. The van der Waals surface area contributed by atoms with Crippen molar-refractivity contribution in [1.29, 1.82) is 0 Å². The van der Waals surface area contributed by atoms with Crippen molar-refractivity contribution in [3.05, 3.63) is 0 Å². The smallest absolute Gasteiger partial charge is 0.320 e. The molecule has 0 aromatic carbocycles. The molecule has 14 heavy (non-hydrogen) atoms. The highest BCUT2D eigenvalue weighted by Crippen LogP contribution is 2.30. The Bertz CT molecular complexity index is 220. The minimum Gasteiger partial charge on any atom is -0.480 e. The van der Waals surface area contributed by atoms with Crippen LogP contribution in [-0.4, -0.2) is 25.4 Å². The maximum atomic E-state index is 11.0. The number of carboxylic acid groups (broad SMARTS) is 1. The SMILES string of the molecule is CCCC[C@@](I)(CSC(C)=O)C(=O)O. The minimum absolute atomic E-state index is 0.0243. The van der Waals surface area contributed by atoms with Gasteiger partial charge in [0.1, 0.15) is 3.42 Å². The molecule has 0 rings (SSSR count). The van der Waals surface area contributed by atoms with Crippen molar-refractivity contribution in [2.24, 2.45) is 0 Å². The Morgan fingerprint density at radius 1 is 1.50 bits per heavy atom.